The van der Waals surface area contributed by atoms with Crippen LogP contribution in [0.1, 0.15) is 48.7 Å². The molecule has 2 nitrogen and oxygen atoms in total. The average Bonchev–Trinajstić information content (AvgIpc) is 3.13. The quantitative estimate of drug-likeness (QED) is 0.871. The second-order valence-electron chi connectivity index (χ2n) is 6.15. The molecule has 0 bridgehead atoms. The summed E-state index contributed by atoms with van der Waals surface area (Å²) in [6.07, 6.45) is 2.57. The molecule has 1 saturated carbocycles. The van der Waals surface area contributed by atoms with Crippen LogP contribution in [-0.2, 0) is 6.54 Å². The van der Waals surface area contributed by atoms with Crippen LogP contribution < -0.4 is 5.32 Å². The molecule has 2 aromatic rings. The first-order valence-corrected chi connectivity index (χ1v) is 8.35. The Bertz CT molecular complexity index is 624. The van der Waals surface area contributed by atoms with Gasteiger partial charge in [-0.05, 0) is 49.4 Å². The zero-order valence-electron chi connectivity index (χ0n) is 12.7. The smallest absolute Gasteiger partial charge is 0.124 e. The number of halogens is 1. The second kappa shape index (κ2) is 5.85. The first-order chi connectivity index (χ1) is 10.0. The van der Waals surface area contributed by atoms with E-state index in [1.165, 1.54) is 17.7 Å². The Hall–Kier alpha value is -1.26. The van der Waals surface area contributed by atoms with Crippen molar-refractivity contribution in [3.63, 3.8) is 0 Å². The minimum atomic E-state index is -0.191. The number of hydrogen-bond acceptors (Lipinski definition) is 3. The Balaban J connectivity index is 1.92. The fraction of sp³-hybridized carbons (Fsp3) is 0.471. The summed E-state index contributed by atoms with van der Waals surface area (Å²) in [5, 5.41) is 4.48. The fourth-order valence-electron chi connectivity index (χ4n) is 2.45. The summed E-state index contributed by atoms with van der Waals surface area (Å²) >= 11 is 1.69. The van der Waals surface area contributed by atoms with Gasteiger partial charge in [-0.3, -0.25) is 0 Å². The maximum atomic E-state index is 13.6. The van der Waals surface area contributed by atoms with E-state index >= 15 is 0 Å². The minimum absolute atomic E-state index is 0.191. The molecule has 1 N–H and O–H groups in total. The molecule has 0 amide bonds. The molecule has 0 aliphatic heterocycles. The molecule has 0 saturated heterocycles. The highest BCUT2D eigenvalue weighted by Gasteiger charge is 2.22. The van der Waals surface area contributed by atoms with E-state index in [2.05, 4.69) is 19.2 Å². The molecule has 0 unspecified atom stereocenters. The zero-order chi connectivity index (χ0) is 15.0. The molecular formula is C17H21FN2S. The van der Waals surface area contributed by atoms with Crippen LogP contribution in [0.15, 0.2) is 18.2 Å². The van der Waals surface area contributed by atoms with Crippen molar-refractivity contribution in [3.8, 4) is 10.6 Å². The summed E-state index contributed by atoms with van der Waals surface area (Å²) in [6.45, 7) is 7.12. The van der Waals surface area contributed by atoms with Crippen molar-refractivity contribution >= 4 is 11.3 Å². The van der Waals surface area contributed by atoms with Gasteiger partial charge in [0.2, 0.25) is 0 Å². The summed E-state index contributed by atoms with van der Waals surface area (Å²) in [6, 6.07) is 5.82. The van der Waals surface area contributed by atoms with Gasteiger partial charge < -0.3 is 5.32 Å². The molecular weight excluding hydrogens is 283 g/mol. The van der Waals surface area contributed by atoms with Crippen LogP contribution in [-0.4, -0.2) is 11.0 Å². The number of hydrogen-bond donors (Lipinski definition) is 1. The second-order valence-corrected chi connectivity index (χ2v) is 7.24. The lowest BCUT2D eigenvalue weighted by Crippen LogP contribution is -2.15. The van der Waals surface area contributed by atoms with Crippen LogP contribution in [0.2, 0.25) is 0 Å². The van der Waals surface area contributed by atoms with Crippen molar-refractivity contribution < 1.29 is 4.39 Å². The van der Waals surface area contributed by atoms with Crippen molar-refractivity contribution in [2.24, 2.45) is 0 Å². The Morgan fingerprint density at radius 3 is 2.71 bits per heavy atom. The maximum absolute atomic E-state index is 13.6. The van der Waals surface area contributed by atoms with Gasteiger partial charge in [-0.25, -0.2) is 9.37 Å². The van der Waals surface area contributed by atoms with E-state index in [9.17, 15) is 4.39 Å². The van der Waals surface area contributed by atoms with Gasteiger partial charge >= 0.3 is 0 Å². The first kappa shape index (κ1) is 14.7. The molecule has 0 atom stereocenters. The Kier molecular flexibility index (Phi) is 4.09. The molecule has 3 rings (SSSR count). The largest absolute Gasteiger partial charge is 0.309 e. The molecule has 1 aromatic carbocycles. The third-order valence-corrected chi connectivity index (χ3v) is 4.81. The molecule has 0 radical (unpaired) electrons. The van der Waals surface area contributed by atoms with Gasteiger partial charge in [0, 0.05) is 23.0 Å². The monoisotopic (exact) mass is 304 g/mol. The van der Waals surface area contributed by atoms with Crippen LogP contribution in [0.25, 0.3) is 10.6 Å². The van der Waals surface area contributed by atoms with Gasteiger partial charge in [-0.1, -0.05) is 13.8 Å². The summed E-state index contributed by atoms with van der Waals surface area (Å²) in [5.74, 6) is 0.199. The van der Waals surface area contributed by atoms with Crippen molar-refractivity contribution in [1.82, 2.24) is 10.3 Å². The molecule has 1 aliphatic rings. The minimum Gasteiger partial charge on any atom is -0.309 e. The van der Waals surface area contributed by atoms with E-state index in [1.54, 1.807) is 23.5 Å². The number of thiazole rings is 1. The van der Waals surface area contributed by atoms with Gasteiger partial charge in [0.25, 0.3) is 0 Å². The van der Waals surface area contributed by atoms with E-state index in [1.807, 2.05) is 13.0 Å². The average molecular weight is 304 g/mol. The predicted octanol–water partition coefficient (Wildman–Crippen LogP) is 4.63. The van der Waals surface area contributed by atoms with Gasteiger partial charge in [-0.15, -0.1) is 11.3 Å². The van der Waals surface area contributed by atoms with E-state index in [0.717, 1.165) is 28.4 Å². The van der Waals surface area contributed by atoms with Crippen LogP contribution in [0.3, 0.4) is 0 Å². The van der Waals surface area contributed by atoms with E-state index in [0.29, 0.717) is 12.0 Å². The third kappa shape index (κ3) is 3.50. The fourth-order valence-corrected chi connectivity index (χ4v) is 3.60. The molecule has 1 aromatic heterocycles. The molecule has 112 valence electrons. The molecule has 0 spiro atoms. The number of aromatic nitrogens is 1. The standard InChI is InChI=1S/C17H21FN2S/c1-10(2)16-15(9-19-14-4-5-14)21-17(20-16)12-6-11(3)7-13(18)8-12/h6-8,10,14,19H,4-5,9H2,1-3H3. The van der Waals surface area contributed by atoms with Crippen molar-refractivity contribution in [2.45, 2.75) is 52.1 Å². The lowest BCUT2D eigenvalue weighted by Gasteiger charge is -2.05. The molecule has 1 fully saturated rings. The number of aryl methyl sites for hydroxylation is 1. The lowest BCUT2D eigenvalue weighted by molar-refractivity contribution is 0.627. The van der Waals surface area contributed by atoms with Gasteiger partial charge in [0.1, 0.15) is 10.8 Å². The van der Waals surface area contributed by atoms with Crippen molar-refractivity contribution in [1.29, 1.82) is 0 Å². The summed E-state index contributed by atoms with van der Waals surface area (Å²) in [4.78, 5) is 6.06. The Morgan fingerprint density at radius 2 is 2.10 bits per heavy atom. The summed E-state index contributed by atoms with van der Waals surface area (Å²) in [7, 11) is 0. The van der Waals surface area contributed by atoms with Crippen LogP contribution in [0.5, 0.6) is 0 Å². The SMILES string of the molecule is Cc1cc(F)cc(-c2nc(C(C)C)c(CNC3CC3)s2)c1. The van der Waals surface area contributed by atoms with Crippen LogP contribution in [0, 0.1) is 12.7 Å². The summed E-state index contributed by atoms with van der Waals surface area (Å²) < 4.78 is 13.6. The first-order valence-electron chi connectivity index (χ1n) is 7.53. The number of benzene rings is 1. The van der Waals surface area contributed by atoms with E-state index in [4.69, 9.17) is 4.98 Å². The maximum Gasteiger partial charge on any atom is 0.124 e. The third-order valence-electron chi connectivity index (χ3n) is 3.69. The molecule has 21 heavy (non-hydrogen) atoms. The lowest BCUT2D eigenvalue weighted by atomic mass is 10.1. The summed E-state index contributed by atoms with van der Waals surface area (Å²) in [5.41, 5.74) is 2.96. The van der Waals surface area contributed by atoms with Crippen molar-refractivity contribution in [3.05, 3.63) is 40.2 Å². The number of rotatable bonds is 5. The normalized spacial score (nSPS) is 14.9. The highest BCUT2D eigenvalue weighted by Crippen LogP contribution is 2.33. The van der Waals surface area contributed by atoms with E-state index < -0.39 is 0 Å². The molecule has 1 aliphatic carbocycles. The highest BCUT2D eigenvalue weighted by molar-refractivity contribution is 7.15. The van der Waals surface area contributed by atoms with Crippen LogP contribution in [0.4, 0.5) is 4.39 Å². The van der Waals surface area contributed by atoms with Gasteiger partial charge in [0.05, 0.1) is 5.69 Å². The van der Waals surface area contributed by atoms with Gasteiger partial charge in [0.15, 0.2) is 0 Å². The molecule has 4 heteroatoms. The Labute approximate surface area is 129 Å². The molecule has 1 heterocycles. The Morgan fingerprint density at radius 1 is 1.33 bits per heavy atom. The highest BCUT2D eigenvalue weighted by atomic mass is 32.1. The predicted molar refractivity (Wildman–Crippen MR) is 86.2 cm³/mol. The topological polar surface area (TPSA) is 24.9 Å². The number of nitrogens with zero attached hydrogens (tertiary/aromatic N) is 1. The van der Waals surface area contributed by atoms with Gasteiger partial charge in [-0.2, -0.15) is 0 Å². The van der Waals surface area contributed by atoms with Crippen molar-refractivity contribution in [2.75, 3.05) is 0 Å². The zero-order valence-corrected chi connectivity index (χ0v) is 13.6. The number of nitrogens with one attached hydrogen (secondary N) is 1. The van der Waals surface area contributed by atoms with E-state index in [-0.39, 0.29) is 5.82 Å². The van der Waals surface area contributed by atoms with Crippen LogP contribution >= 0.6 is 11.3 Å².